The molecular formula is C17H19ClN2O2S. The van der Waals surface area contributed by atoms with Crippen LogP contribution in [0.5, 0.6) is 0 Å². The van der Waals surface area contributed by atoms with Gasteiger partial charge in [-0.3, -0.25) is 9.59 Å². The van der Waals surface area contributed by atoms with Crippen LogP contribution < -0.4 is 5.32 Å². The second kappa shape index (κ2) is 8.13. The highest BCUT2D eigenvalue weighted by Crippen LogP contribution is 2.23. The number of benzene rings is 1. The summed E-state index contributed by atoms with van der Waals surface area (Å²) in [6.07, 6.45) is 0.221. The van der Waals surface area contributed by atoms with Gasteiger partial charge in [0.2, 0.25) is 11.8 Å². The van der Waals surface area contributed by atoms with Gasteiger partial charge in [0.15, 0.2) is 0 Å². The first-order valence-corrected chi connectivity index (χ1v) is 8.45. The lowest BCUT2D eigenvalue weighted by atomic mass is 10.0. The van der Waals surface area contributed by atoms with E-state index in [9.17, 15) is 9.59 Å². The normalized spacial score (nSPS) is 11.8. The number of hydrogen-bond donors (Lipinski definition) is 1. The van der Waals surface area contributed by atoms with Gasteiger partial charge in [0.1, 0.15) is 0 Å². The van der Waals surface area contributed by atoms with E-state index in [4.69, 9.17) is 11.6 Å². The molecule has 0 unspecified atom stereocenters. The smallest absolute Gasteiger partial charge is 0.225 e. The molecule has 0 fully saturated rings. The maximum atomic E-state index is 12.5. The van der Waals surface area contributed by atoms with Crippen molar-refractivity contribution in [2.24, 2.45) is 0 Å². The number of thiophene rings is 1. The van der Waals surface area contributed by atoms with Crippen LogP contribution in [0.4, 0.5) is 0 Å². The number of carbonyl (C=O) groups is 2. The third-order valence-electron chi connectivity index (χ3n) is 3.41. The van der Waals surface area contributed by atoms with Crippen LogP contribution >= 0.6 is 22.9 Å². The van der Waals surface area contributed by atoms with Crippen molar-refractivity contribution >= 4 is 34.8 Å². The number of rotatable bonds is 6. The molecule has 2 rings (SSSR count). The van der Waals surface area contributed by atoms with Gasteiger partial charge >= 0.3 is 0 Å². The molecule has 1 aromatic heterocycles. The SMILES string of the molecule is CC(=O)N[C@H](CC(=O)N(C)Cc1ccc(Cl)s1)c1ccccc1. The average molecular weight is 351 g/mol. The Labute approximate surface area is 145 Å². The van der Waals surface area contributed by atoms with Crippen LogP contribution in [0.15, 0.2) is 42.5 Å². The van der Waals surface area contributed by atoms with Crippen molar-refractivity contribution in [1.82, 2.24) is 10.2 Å². The molecule has 0 aliphatic rings. The van der Waals surface area contributed by atoms with Crippen LogP contribution in [0.1, 0.15) is 29.8 Å². The van der Waals surface area contributed by atoms with Gasteiger partial charge in [0.25, 0.3) is 0 Å². The molecule has 1 N–H and O–H groups in total. The van der Waals surface area contributed by atoms with Gasteiger partial charge in [-0.05, 0) is 17.7 Å². The van der Waals surface area contributed by atoms with E-state index in [-0.39, 0.29) is 24.3 Å². The molecule has 4 nitrogen and oxygen atoms in total. The van der Waals surface area contributed by atoms with E-state index in [0.717, 1.165) is 10.4 Å². The van der Waals surface area contributed by atoms with Crippen molar-refractivity contribution in [1.29, 1.82) is 0 Å². The molecule has 0 bridgehead atoms. The summed E-state index contributed by atoms with van der Waals surface area (Å²) in [5, 5.41) is 2.84. The topological polar surface area (TPSA) is 49.4 Å². The molecular weight excluding hydrogens is 332 g/mol. The van der Waals surface area contributed by atoms with Crippen molar-refractivity contribution < 1.29 is 9.59 Å². The van der Waals surface area contributed by atoms with Gasteiger partial charge in [-0.2, -0.15) is 0 Å². The van der Waals surface area contributed by atoms with Crippen molar-refractivity contribution in [2.45, 2.75) is 25.9 Å². The van der Waals surface area contributed by atoms with E-state index < -0.39 is 0 Å². The Kier molecular flexibility index (Phi) is 6.19. The van der Waals surface area contributed by atoms with Crippen molar-refractivity contribution in [3.8, 4) is 0 Å². The molecule has 122 valence electrons. The quantitative estimate of drug-likeness (QED) is 0.864. The number of amides is 2. The van der Waals surface area contributed by atoms with Crippen molar-refractivity contribution in [3.63, 3.8) is 0 Å². The van der Waals surface area contributed by atoms with Crippen molar-refractivity contribution in [3.05, 3.63) is 57.2 Å². The summed E-state index contributed by atoms with van der Waals surface area (Å²) in [6.45, 7) is 1.97. The first kappa shape index (κ1) is 17.5. The van der Waals surface area contributed by atoms with Crippen LogP contribution in [0.2, 0.25) is 4.34 Å². The molecule has 2 aromatic rings. The monoisotopic (exact) mass is 350 g/mol. The molecule has 23 heavy (non-hydrogen) atoms. The fourth-order valence-corrected chi connectivity index (χ4v) is 3.41. The minimum Gasteiger partial charge on any atom is -0.349 e. The standard InChI is InChI=1S/C17H19ClN2O2S/c1-12(21)19-15(13-6-4-3-5-7-13)10-17(22)20(2)11-14-8-9-16(18)23-14/h3-9,15H,10-11H2,1-2H3,(H,19,21)/t15-/m1/s1. The van der Waals surface area contributed by atoms with E-state index in [1.807, 2.05) is 42.5 Å². The highest BCUT2D eigenvalue weighted by molar-refractivity contribution is 7.16. The van der Waals surface area contributed by atoms with Crippen LogP contribution in [0, 0.1) is 0 Å². The summed E-state index contributed by atoms with van der Waals surface area (Å²) in [6, 6.07) is 12.9. The van der Waals surface area contributed by atoms with E-state index >= 15 is 0 Å². The molecule has 0 aliphatic carbocycles. The Hall–Kier alpha value is -1.85. The molecule has 0 aliphatic heterocycles. The lowest BCUT2D eigenvalue weighted by Gasteiger charge is -2.22. The van der Waals surface area contributed by atoms with Gasteiger partial charge in [0, 0.05) is 18.8 Å². The number of halogens is 1. The van der Waals surface area contributed by atoms with E-state index in [2.05, 4.69) is 5.32 Å². The highest BCUT2D eigenvalue weighted by Gasteiger charge is 2.19. The zero-order valence-electron chi connectivity index (χ0n) is 13.1. The van der Waals surface area contributed by atoms with Gasteiger partial charge < -0.3 is 10.2 Å². The van der Waals surface area contributed by atoms with Gasteiger partial charge in [0.05, 0.1) is 23.3 Å². The first-order valence-electron chi connectivity index (χ1n) is 7.26. The van der Waals surface area contributed by atoms with E-state index in [0.29, 0.717) is 10.9 Å². The number of carbonyl (C=O) groups excluding carboxylic acids is 2. The molecule has 0 saturated carbocycles. The minimum atomic E-state index is -0.324. The van der Waals surface area contributed by atoms with Gasteiger partial charge in [-0.25, -0.2) is 0 Å². The summed E-state index contributed by atoms with van der Waals surface area (Å²) in [5.41, 5.74) is 0.920. The maximum Gasteiger partial charge on any atom is 0.225 e. The Morgan fingerprint density at radius 3 is 2.48 bits per heavy atom. The second-order valence-corrected chi connectivity index (χ2v) is 7.12. The van der Waals surface area contributed by atoms with Crippen LogP contribution in [-0.2, 0) is 16.1 Å². The maximum absolute atomic E-state index is 12.5. The molecule has 1 aromatic carbocycles. The Morgan fingerprint density at radius 1 is 1.22 bits per heavy atom. The molecule has 1 heterocycles. The molecule has 0 spiro atoms. The highest BCUT2D eigenvalue weighted by atomic mass is 35.5. The Bertz CT molecular complexity index is 672. The molecule has 6 heteroatoms. The first-order chi connectivity index (χ1) is 11.0. The predicted molar refractivity (Wildman–Crippen MR) is 93.4 cm³/mol. The molecule has 0 radical (unpaired) electrons. The van der Waals surface area contributed by atoms with E-state index in [1.165, 1.54) is 18.3 Å². The lowest BCUT2D eigenvalue weighted by molar-refractivity contribution is -0.131. The van der Waals surface area contributed by atoms with E-state index in [1.54, 1.807) is 11.9 Å². The van der Waals surface area contributed by atoms with Crippen LogP contribution in [0.3, 0.4) is 0 Å². The fraction of sp³-hybridized carbons (Fsp3) is 0.294. The van der Waals surface area contributed by atoms with Gasteiger partial charge in [-0.1, -0.05) is 41.9 Å². The third kappa shape index (κ3) is 5.37. The molecule has 1 atom stereocenters. The summed E-state index contributed by atoms with van der Waals surface area (Å²) < 4.78 is 0.709. The van der Waals surface area contributed by atoms with Crippen LogP contribution in [-0.4, -0.2) is 23.8 Å². The zero-order valence-corrected chi connectivity index (χ0v) is 14.7. The zero-order chi connectivity index (χ0) is 16.8. The predicted octanol–water partition coefficient (Wildman–Crippen LogP) is 3.63. The summed E-state index contributed by atoms with van der Waals surface area (Å²) in [4.78, 5) is 26.6. The molecule has 0 saturated heterocycles. The summed E-state index contributed by atoms with van der Waals surface area (Å²) >= 11 is 7.37. The summed E-state index contributed by atoms with van der Waals surface area (Å²) in [5.74, 6) is -0.184. The van der Waals surface area contributed by atoms with Gasteiger partial charge in [-0.15, -0.1) is 11.3 Å². The number of nitrogens with one attached hydrogen (secondary N) is 1. The molecule has 2 amide bonds. The summed E-state index contributed by atoms with van der Waals surface area (Å²) in [7, 11) is 1.76. The largest absolute Gasteiger partial charge is 0.349 e. The average Bonchev–Trinajstić information content (AvgIpc) is 2.92. The minimum absolute atomic E-state index is 0.0304. The fourth-order valence-electron chi connectivity index (χ4n) is 2.27. The Balaban J connectivity index is 2.03. The van der Waals surface area contributed by atoms with Crippen molar-refractivity contribution in [2.75, 3.05) is 7.05 Å². The van der Waals surface area contributed by atoms with Crippen LogP contribution in [0.25, 0.3) is 0 Å². The number of hydrogen-bond acceptors (Lipinski definition) is 3. The lowest BCUT2D eigenvalue weighted by Crippen LogP contribution is -2.33. The second-order valence-electron chi connectivity index (χ2n) is 5.32. The number of nitrogens with zero attached hydrogens (tertiary/aromatic N) is 1. The Morgan fingerprint density at radius 2 is 1.91 bits per heavy atom. The third-order valence-corrected chi connectivity index (χ3v) is 4.62.